The van der Waals surface area contributed by atoms with E-state index in [4.69, 9.17) is 4.74 Å². The molecule has 1 aromatic rings. The third kappa shape index (κ3) is 3.94. The number of hydrogen-bond acceptors (Lipinski definition) is 3. The second-order valence-electron chi connectivity index (χ2n) is 4.06. The molecular formula is C12H23N3O. The molecule has 0 amide bonds. The molecule has 4 nitrogen and oxygen atoms in total. The maximum atomic E-state index is 4.98. The highest BCUT2D eigenvalue weighted by molar-refractivity contribution is 5.04. The molecule has 0 saturated heterocycles. The van der Waals surface area contributed by atoms with Crippen LogP contribution in [0.2, 0.25) is 0 Å². The zero-order valence-corrected chi connectivity index (χ0v) is 10.6. The van der Waals surface area contributed by atoms with Gasteiger partial charge >= 0.3 is 0 Å². The van der Waals surface area contributed by atoms with E-state index in [-0.39, 0.29) is 0 Å². The van der Waals surface area contributed by atoms with Crippen LogP contribution in [0.5, 0.6) is 0 Å². The third-order valence-corrected chi connectivity index (χ3v) is 2.87. The van der Waals surface area contributed by atoms with E-state index in [0.29, 0.717) is 5.92 Å². The van der Waals surface area contributed by atoms with Crippen molar-refractivity contribution < 1.29 is 4.74 Å². The molecule has 0 aromatic carbocycles. The van der Waals surface area contributed by atoms with E-state index in [0.717, 1.165) is 32.7 Å². The van der Waals surface area contributed by atoms with Crippen molar-refractivity contribution in [3.05, 3.63) is 18.2 Å². The summed E-state index contributed by atoms with van der Waals surface area (Å²) in [5.74, 6) is 0.585. The molecule has 0 aliphatic carbocycles. The lowest BCUT2D eigenvalue weighted by molar-refractivity contribution is 0.199. The highest BCUT2D eigenvalue weighted by Gasteiger charge is 2.08. The standard InChI is InChI=1S/C12H23N3O/c1-4-11(2)12-9-14-10-15(12)7-5-13-6-8-16-3/h9-11,13H,4-8H2,1-3H3. The summed E-state index contributed by atoms with van der Waals surface area (Å²) in [6, 6.07) is 0. The first-order chi connectivity index (χ1) is 7.79. The van der Waals surface area contributed by atoms with Gasteiger partial charge in [0.1, 0.15) is 0 Å². The maximum Gasteiger partial charge on any atom is 0.0948 e. The van der Waals surface area contributed by atoms with Crippen molar-refractivity contribution in [2.24, 2.45) is 0 Å². The monoisotopic (exact) mass is 225 g/mol. The highest BCUT2D eigenvalue weighted by Crippen LogP contribution is 2.17. The van der Waals surface area contributed by atoms with Gasteiger partial charge in [0.15, 0.2) is 0 Å². The van der Waals surface area contributed by atoms with Gasteiger partial charge in [0, 0.05) is 38.6 Å². The van der Waals surface area contributed by atoms with Gasteiger partial charge in [-0.15, -0.1) is 0 Å². The van der Waals surface area contributed by atoms with Gasteiger partial charge in [-0.3, -0.25) is 0 Å². The molecule has 0 aliphatic heterocycles. The number of rotatable bonds is 8. The molecule has 0 bridgehead atoms. The molecule has 1 aromatic heterocycles. The molecule has 1 N–H and O–H groups in total. The molecule has 4 heteroatoms. The molecule has 0 fully saturated rings. The van der Waals surface area contributed by atoms with Crippen LogP contribution in [0.1, 0.15) is 31.9 Å². The number of hydrogen-bond donors (Lipinski definition) is 1. The lowest BCUT2D eigenvalue weighted by atomic mass is 10.1. The van der Waals surface area contributed by atoms with Crippen molar-refractivity contribution in [3.63, 3.8) is 0 Å². The van der Waals surface area contributed by atoms with Crippen LogP contribution in [0.4, 0.5) is 0 Å². The molecule has 0 radical (unpaired) electrons. The predicted octanol–water partition coefficient (Wildman–Crippen LogP) is 1.63. The van der Waals surface area contributed by atoms with E-state index < -0.39 is 0 Å². The molecule has 1 unspecified atom stereocenters. The summed E-state index contributed by atoms with van der Waals surface area (Å²) in [6.07, 6.45) is 5.05. The second kappa shape index (κ2) is 7.41. The van der Waals surface area contributed by atoms with Gasteiger partial charge in [0.25, 0.3) is 0 Å². The quantitative estimate of drug-likeness (QED) is 0.684. The Kier molecular flexibility index (Phi) is 6.11. The Balaban J connectivity index is 2.33. The van der Waals surface area contributed by atoms with Gasteiger partial charge in [-0.2, -0.15) is 0 Å². The van der Waals surface area contributed by atoms with Gasteiger partial charge in [-0.25, -0.2) is 4.98 Å². The smallest absolute Gasteiger partial charge is 0.0948 e. The van der Waals surface area contributed by atoms with Gasteiger partial charge < -0.3 is 14.6 Å². The van der Waals surface area contributed by atoms with E-state index in [1.54, 1.807) is 7.11 Å². The average molecular weight is 225 g/mol. The Hall–Kier alpha value is -0.870. The largest absolute Gasteiger partial charge is 0.383 e. The number of imidazole rings is 1. The Bertz CT molecular complexity index is 286. The topological polar surface area (TPSA) is 39.1 Å². The van der Waals surface area contributed by atoms with Gasteiger partial charge in [-0.1, -0.05) is 13.8 Å². The first-order valence-electron chi connectivity index (χ1n) is 5.99. The minimum Gasteiger partial charge on any atom is -0.383 e. The van der Waals surface area contributed by atoms with Crippen molar-refractivity contribution in [1.29, 1.82) is 0 Å². The van der Waals surface area contributed by atoms with E-state index in [9.17, 15) is 0 Å². The minimum atomic E-state index is 0.585. The minimum absolute atomic E-state index is 0.585. The summed E-state index contributed by atoms with van der Waals surface area (Å²) < 4.78 is 7.21. The first-order valence-corrected chi connectivity index (χ1v) is 5.99. The van der Waals surface area contributed by atoms with E-state index in [1.807, 2.05) is 12.5 Å². The Morgan fingerprint density at radius 1 is 1.50 bits per heavy atom. The van der Waals surface area contributed by atoms with Gasteiger partial charge in [0.05, 0.1) is 12.9 Å². The van der Waals surface area contributed by atoms with Crippen molar-refractivity contribution in [1.82, 2.24) is 14.9 Å². The summed E-state index contributed by atoms with van der Waals surface area (Å²) >= 11 is 0. The normalized spacial score (nSPS) is 12.9. The molecular weight excluding hydrogens is 202 g/mol. The van der Waals surface area contributed by atoms with Gasteiger partial charge in [0.2, 0.25) is 0 Å². The zero-order chi connectivity index (χ0) is 11.8. The van der Waals surface area contributed by atoms with Crippen LogP contribution in [0.25, 0.3) is 0 Å². The second-order valence-corrected chi connectivity index (χ2v) is 4.06. The third-order valence-electron chi connectivity index (χ3n) is 2.87. The van der Waals surface area contributed by atoms with Crippen LogP contribution in [-0.2, 0) is 11.3 Å². The lowest BCUT2D eigenvalue weighted by Gasteiger charge is -2.13. The molecule has 1 rings (SSSR count). The fraction of sp³-hybridized carbons (Fsp3) is 0.750. The molecule has 1 heterocycles. The molecule has 0 saturated carbocycles. The number of aromatic nitrogens is 2. The molecule has 0 spiro atoms. The van der Waals surface area contributed by atoms with Crippen molar-refractivity contribution in [3.8, 4) is 0 Å². The number of nitrogens with zero attached hydrogens (tertiary/aromatic N) is 2. The molecule has 1 atom stereocenters. The van der Waals surface area contributed by atoms with Crippen LogP contribution >= 0.6 is 0 Å². The zero-order valence-electron chi connectivity index (χ0n) is 10.6. The Morgan fingerprint density at radius 2 is 2.31 bits per heavy atom. The van der Waals surface area contributed by atoms with Crippen LogP contribution in [0.3, 0.4) is 0 Å². The van der Waals surface area contributed by atoms with E-state index >= 15 is 0 Å². The van der Waals surface area contributed by atoms with Crippen LogP contribution < -0.4 is 5.32 Å². The van der Waals surface area contributed by atoms with Crippen LogP contribution in [-0.4, -0.2) is 36.4 Å². The molecule has 92 valence electrons. The maximum absolute atomic E-state index is 4.98. The van der Waals surface area contributed by atoms with Crippen LogP contribution in [0.15, 0.2) is 12.5 Å². The van der Waals surface area contributed by atoms with Crippen molar-refractivity contribution in [2.75, 3.05) is 26.8 Å². The average Bonchev–Trinajstić information content (AvgIpc) is 2.76. The summed E-state index contributed by atoms with van der Waals surface area (Å²) in [5.41, 5.74) is 1.33. The first kappa shape index (κ1) is 13.2. The number of ether oxygens (including phenoxy) is 1. The summed E-state index contributed by atoms with van der Waals surface area (Å²) in [6.45, 7) is 8.06. The van der Waals surface area contributed by atoms with Crippen LogP contribution in [0, 0.1) is 0 Å². The fourth-order valence-corrected chi connectivity index (χ4v) is 1.64. The molecule has 16 heavy (non-hydrogen) atoms. The van der Waals surface area contributed by atoms with Crippen molar-refractivity contribution >= 4 is 0 Å². The lowest BCUT2D eigenvalue weighted by Crippen LogP contribution is -2.24. The molecule has 0 aliphatic rings. The number of nitrogens with one attached hydrogen (secondary N) is 1. The summed E-state index contributed by atoms with van der Waals surface area (Å²) in [7, 11) is 1.72. The van der Waals surface area contributed by atoms with E-state index in [1.165, 1.54) is 5.69 Å². The Morgan fingerprint density at radius 3 is 3.00 bits per heavy atom. The fourth-order valence-electron chi connectivity index (χ4n) is 1.64. The summed E-state index contributed by atoms with van der Waals surface area (Å²) in [5, 5.41) is 3.34. The van der Waals surface area contributed by atoms with E-state index in [2.05, 4.69) is 28.7 Å². The van der Waals surface area contributed by atoms with Crippen molar-refractivity contribution in [2.45, 2.75) is 32.7 Å². The predicted molar refractivity (Wildman–Crippen MR) is 65.7 cm³/mol. The number of methoxy groups -OCH3 is 1. The summed E-state index contributed by atoms with van der Waals surface area (Å²) in [4.78, 5) is 4.22. The Labute approximate surface area is 98.0 Å². The van der Waals surface area contributed by atoms with Gasteiger partial charge in [-0.05, 0) is 12.3 Å². The highest BCUT2D eigenvalue weighted by atomic mass is 16.5. The SMILES string of the molecule is CCC(C)c1cncn1CCNCCOC.